The van der Waals surface area contributed by atoms with Crippen LogP contribution in [0.4, 0.5) is 5.69 Å². The van der Waals surface area contributed by atoms with E-state index in [2.05, 4.69) is 11.4 Å². The van der Waals surface area contributed by atoms with E-state index in [0.717, 1.165) is 53.6 Å². The van der Waals surface area contributed by atoms with E-state index in [1.165, 1.54) is 0 Å². The maximum Gasteiger partial charge on any atom is 0.256 e. The number of ether oxygens (including phenoxy) is 2. The molecule has 4 heteroatoms. The first kappa shape index (κ1) is 12.8. The Balaban J connectivity index is 1.61. The summed E-state index contributed by atoms with van der Waals surface area (Å²) in [5.74, 6) is -0.0193. The highest BCUT2D eigenvalue weighted by atomic mass is 16.5. The third kappa shape index (κ3) is 2.30. The minimum atomic E-state index is -0.0193. The Morgan fingerprint density at radius 1 is 1.24 bits per heavy atom. The van der Waals surface area contributed by atoms with Gasteiger partial charge in [-0.2, -0.15) is 0 Å². The van der Waals surface area contributed by atoms with Gasteiger partial charge in [-0.1, -0.05) is 12.1 Å². The number of hydrogen-bond acceptors (Lipinski definition) is 3. The second-order valence-electron chi connectivity index (χ2n) is 5.62. The van der Waals surface area contributed by atoms with Crippen LogP contribution in [0, 0.1) is 0 Å². The van der Waals surface area contributed by atoms with Gasteiger partial charge in [0.1, 0.15) is 0 Å². The van der Waals surface area contributed by atoms with E-state index in [0.29, 0.717) is 6.61 Å². The number of carbonyl (C=O) groups is 1. The van der Waals surface area contributed by atoms with Crippen molar-refractivity contribution in [1.82, 2.24) is 0 Å². The normalized spacial score (nSPS) is 18.2. The van der Waals surface area contributed by atoms with Crippen LogP contribution in [0.15, 0.2) is 30.3 Å². The van der Waals surface area contributed by atoms with Crippen molar-refractivity contribution in [3.63, 3.8) is 0 Å². The topological polar surface area (TPSA) is 47.6 Å². The molecule has 4 nitrogen and oxygen atoms in total. The Labute approximate surface area is 123 Å². The zero-order valence-electron chi connectivity index (χ0n) is 11.7. The van der Waals surface area contributed by atoms with Crippen molar-refractivity contribution in [3.05, 3.63) is 41.5 Å². The summed E-state index contributed by atoms with van der Waals surface area (Å²) in [5, 5.41) is 5.02. The third-order valence-electron chi connectivity index (χ3n) is 4.18. The van der Waals surface area contributed by atoms with Gasteiger partial charge in [0, 0.05) is 29.9 Å². The van der Waals surface area contributed by atoms with Gasteiger partial charge < -0.3 is 14.8 Å². The Morgan fingerprint density at radius 2 is 2.10 bits per heavy atom. The van der Waals surface area contributed by atoms with Crippen molar-refractivity contribution in [2.45, 2.75) is 25.6 Å². The monoisotopic (exact) mass is 283 g/mol. The number of carbonyl (C=O) groups excluding carboxylic acids is 1. The Kier molecular flexibility index (Phi) is 3.13. The predicted octanol–water partition coefficient (Wildman–Crippen LogP) is 3.10. The van der Waals surface area contributed by atoms with Crippen LogP contribution in [0.25, 0.3) is 10.8 Å². The van der Waals surface area contributed by atoms with E-state index in [1.807, 2.05) is 24.3 Å². The van der Waals surface area contributed by atoms with E-state index in [4.69, 9.17) is 9.47 Å². The molecule has 2 aliphatic rings. The largest absolute Gasteiger partial charge is 0.381 e. The fourth-order valence-corrected chi connectivity index (χ4v) is 3.10. The van der Waals surface area contributed by atoms with Crippen LogP contribution in [0.2, 0.25) is 0 Å². The molecule has 0 aromatic heterocycles. The average Bonchev–Trinajstić information content (AvgIpc) is 2.84. The predicted molar refractivity (Wildman–Crippen MR) is 80.5 cm³/mol. The smallest absolute Gasteiger partial charge is 0.256 e. The Bertz CT molecular complexity index is 704. The SMILES string of the molecule is O=C1Nc2cccc3cc(COC4CCOCC4)cc1c23. The third-order valence-corrected chi connectivity index (χ3v) is 4.18. The van der Waals surface area contributed by atoms with Crippen molar-refractivity contribution in [2.24, 2.45) is 0 Å². The first-order valence-corrected chi connectivity index (χ1v) is 7.37. The number of nitrogens with one attached hydrogen (secondary N) is 1. The first-order valence-electron chi connectivity index (χ1n) is 7.37. The van der Waals surface area contributed by atoms with Gasteiger partial charge in [0.15, 0.2) is 0 Å². The number of rotatable bonds is 3. The second-order valence-corrected chi connectivity index (χ2v) is 5.62. The molecule has 2 aromatic carbocycles. The van der Waals surface area contributed by atoms with Crippen LogP contribution >= 0.6 is 0 Å². The molecule has 1 N–H and O–H groups in total. The molecular weight excluding hydrogens is 266 g/mol. The maximum atomic E-state index is 12.0. The molecule has 2 heterocycles. The Morgan fingerprint density at radius 3 is 2.95 bits per heavy atom. The molecule has 2 aromatic rings. The molecule has 0 radical (unpaired) electrons. The lowest BCUT2D eigenvalue weighted by Gasteiger charge is -2.22. The lowest BCUT2D eigenvalue weighted by atomic mass is 10.0. The van der Waals surface area contributed by atoms with Gasteiger partial charge in [0.25, 0.3) is 5.91 Å². The fraction of sp³-hybridized carbons (Fsp3) is 0.353. The second kappa shape index (κ2) is 5.13. The molecule has 21 heavy (non-hydrogen) atoms. The van der Waals surface area contributed by atoms with Crippen LogP contribution in [0.1, 0.15) is 28.8 Å². The van der Waals surface area contributed by atoms with Crippen LogP contribution in [0.5, 0.6) is 0 Å². The summed E-state index contributed by atoms with van der Waals surface area (Å²) in [6.45, 7) is 2.10. The quantitative estimate of drug-likeness (QED) is 0.941. The highest BCUT2D eigenvalue weighted by molar-refractivity contribution is 6.24. The lowest BCUT2D eigenvalue weighted by Crippen LogP contribution is -2.23. The van der Waals surface area contributed by atoms with Crippen molar-refractivity contribution in [2.75, 3.05) is 18.5 Å². The summed E-state index contributed by atoms with van der Waals surface area (Å²) in [6.07, 6.45) is 2.17. The minimum Gasteiger partial charge on any atom is -0.381 e. The van der Waals surface area contributed by atoms with Gasteiger partial charge in [0.2, 0.25) is 0 Å². The molecule has 4 rings (SSSR count). The zero-order chi connectivity index (χ0) is 14.2. The highest BCUT2D eigenvalue weighted by Gasteiger charge is 2.22. The van der Waals surface area contributed by atoms with E-state index >= 15 is 0 Å². The molecular formula is C17H17NO3. The number of amides is 1. The van der Waals surface area contributed by atoms with Crippen molar-refractivity contribution in [3.8, 4) is 0 Å². The average molecular weight is 283 g/mol. The molecule has 1 fully saturated rings. The summed E-state index contributed by atoms with van der Waals surface area (Å²) in [5.41, 5.74) is 2.72. The van der Waals surface area contributed by atoms with Gasteiger partial charge in [-0.25, -0.2) is 0 Å². The number of anilines is 1. The summed E-state index contributed by atoms with van der Waals surface area (Å²) in [6, 6.07) is 10.0. The molecule has 0 unspecified atom stereocenters. The molecule has 108 valence electrons. The molecule has 0 bridgehead atoms. The minimum absolute atomic E-state index is 0.0193. The van der Waals surface area contributed by atoms with Crippen LogP contribution in [0.3, 0.4) is 0 Å². The van der Waals surface area contributed by atoms with Crippen molar-refractivity contribution >= 4 is 22.4 Å². The lowest BCUT2D eigenvalue weighted by molar-refractivity contribution is -0.0390. The summed E-state index contributed by atoms with van der Waals surface area (Å²) in [4.78, 5) is 12.0. The van der Waals surface area contributed by atoms with Gasteiger partial charge in [0.05, 0.1) is 12.7 Å². The molecule has 0 saturated carbocycles. The Hall–Kier alpha value is -1.91. The summed E-state index contributed by atoms with van der Waals surface area (Å²) < 4.78 is 11.3. The molecule has 2 aliphatic heterocycles. The van der Waals surface area contributed by atoms with E-state index < -0.39 is 0 Å². The van der Waals surface area contributed by atoms with Crippen molar-refractivity contribution < 1.29 is 14.3 Å². The standard InChI is InChI=1S/C17H17NO3/c19-17-14-9-11(10-21-13-4-6-20-7-5-13)8-12-2-1-3-15(18-17)16(12)14/h1-3,8-9,13H,4-7,10H2,(H,18,19). The van der Waals surface area contributed by atoms with E-state index in [9.17, 15) is 4.79 Å². The molecule has 1 amide bonds. The fourth-order valence-electron chi connectivity index (χ4n) is 3.10. The summed E-state index contributed by atoms with van der Waals surface area (Å²) in [7, 11) is 0. The van der Waals surface area contributed by atoms with Crippen LogP contribution < -0.4 is 5.32 Å². The van der Waals surface area contributed by atoms with Gasteiger partial charge >= 0.3 is 0 Å². The van der Waals surface area contributed by atoms with Gasteiger partial charge in [-0.3, -0.25) is 4.79 Å². The first-order chi connectivity index (χ1) is 10.3. The van der Waals surface area contributed by atoms with Gasteiger partial charge in [-0.05, 0) is 42.0 Å². The molecule has 1 saturated heterocycles. The summed E-state index contributed by atoms with van der Waals surface area (Å²) >= 11 is 0. The van der Waals surface area contributed by atoms with Crippen molar-refractivity contribution in [1.29, 1.82) is 0 Å². The number of benzene rings is 2. The van der Waals surface area contributed by atoms with E-state index in [-0.39, 0.29) is 12.0 Å². The molecule has 0 spiro atoms. The molecule has 0 aliphatic carbocycles. The maximum absolute atomic E-state index is 12.0. The van der Waals surface area contributed by atoms with E-state index in [1.54, 1.807) is 0 Å². The zero-order valence-corrected chi connectivity index (χ0v) is 11.7. The van der Waals surface area contributed by atoms with Gasteiger partial charge in [-0.15, -0.1) is 0 Å². The van der Waals surface area contributed by atoms with Crippen LogP contribution in [-0.2, 0) is 16.1 Å². The number of hydrogen-bond donors (Lipinski definition) is 1. The van der Waals surface area contributed by atoms with Crippen LogP contribution in [-0.4, -0.2) is 25.2 Å². The highest BCUT2D eigenvalue weighted by Crippen LogP contribution is 2.34. The molecule has 0 atom stereocenters.